The first kappa shape index (κ1) is 20.5. The predicted molar refractivity (Wildman–Crippen MR) is 110 cm³/mol. The topological polar surface area (TPSA) is 64.4 Å². The van der Waals surface area contributed by atoms with Crippen LogP contribution in [0, 0.1) is 11.3 Å². The summed E-state index contributed by atoms with van der Waals surface area (Å²) in [6, 6.07) is 17.1. The van der Waals surface area contributed by atoms with Crippen LogP contribution in [0.2, 0.25) is 0 Å². The molecule has 28 heavy (non-hydrogen) atoms. The van der Waals surface area contributed by atoms with Crippen LogP contribution in [-0.2, 0) is 16.6 Å². The molecule has 0 spiro atoms. The van der Waals surface area contributed by atoms with Crippen molar-refractivity contribution >= 4 is 10.0 Å². The molecule has 148 valence electrons. The summed E-state index contributed by atoms with van der Waals surface area (Å²) in [7, 11) is -3.45. The molecule has 0 bridgehead atoms. The maximum atomic E-state index is 13.0. The maximum absolute atomic E-state index is 13.0. The second-order valence-electron chi connectivity index (χ2n) is 7.37. The Morgan fingerprint density at radius 1 is 1.07 bits per heavy atom. The molecule has 0 radical (unpaired) electrons. The minimum absolute atomic E-state index is 0.370. The molecule has 0 amide bonds. The van der Waals surface area contributed by atoms with Crippen molar-refractivity contribution in [1.82, 2.24) is 9.21 Å². The summed E-state index contributed by atoms with van der Waals surface area (Å²) in [5, 5.41) is 9.02. The molecule has 1 heterocycles. The third kappa shape index (κ3) is 4.61. The molecule has 1 aliphatic heterocycles. The number of nitrogens with zero attached hydrogens (tertiary/aromatic N) is 3. The fourth-order valence-electron chi connectivity index (χ4n) is 3.48. The van der Waals surface area contributed by atoms with Crippen LogP contribution in [0.25, 0.3) is 0 Å². The molecular formula is C22H27N3O2S. The summed E-state index contributed by atoms with van der Waals surface area (Å²) in [4.78, 5) is 2.60. The quantitative estimate of drug-likeness (QED) is 0.747. The van der Waals surface area contributed by atoms with Gasteiger partial charge in [-0.05, 0) is 47.7 Å². The Bertz CT molecular complexity index is 940. The summed E-state index contributed by atoms with van der Waals surface area (Å²) < 4.78 is 27.5. The second kappa shape index (κ2) is 8.87. The SMILES string of the molecule is CCC(C)c1ccc(S(=O)(=O)N2CCN(Cc3cccc(C#N)c3)CC2)cc1. The maximum Gasteiger partial charge on any atom is 0.243 e. The van der Waals surface area contributed by atoms with Gasteiger partial charge < -0.3 is 0 Å². The lowest BCUT2D eigenvalue weighted by Gasteiger charge is -2.34. The van der Waals surface area contributed by atoms with E-state index in [9.17, 15) is 8.42 Å². The molecule has 1 saturated heterocycles. The third-order valence-electron chi connectivity index (χ3n) is 5.49. The largest absolute Gasteiger partial charge is 0.296 e. The van der Waals surface area contributed by atoms with Gasteiger partial charge in [-0.3, -0.25) is 4.90 Å². The average molecular weight is 398 g/mol. The van der Waals surface area contributed by atoms with Crippen LogP contribution in [0.1, 0.15) is 42.9 Å². The normalized spacial score (nSPS) is 17.2. The van der Waals surface area contributed by atoms with E-state index in [4.69, 9.17) is 5.26 Å². The summed E-state index contributed by atoms with van der Waals surface area (Å²) in [6.07, 6.45) is 1.03. The Balaban J connectivity index is 1.62. The van der Waals surface area contributed by atoms with E-state index in [-0.39, 0.29) is 0 Å². The fraction of sp³-hybridized carbons (Fsp3) is 0.409. The van der Waals surface area contributed by atoms with Crippen molar-refractivity contribution in [2.45, 2.75) is 37.6 Å². The lowest BCUT2D eigenvalue weighted by Crippen LogP contribution is -2.48. The molecule has 0 aliphatic carbocycles. The van der Waals surface area contributed by atoms with Gasteiger partial charge in [-0.2, -0.15) is 9.57 Å². The Kier molecular flexibility index (Phi) is 6.50. The molecule has 5 nitrogen and oxygen atoms in total. The zero-order chi connectivity index (χ0) is 20.1. The van der Waals surface area contributed by atoms with Crippen LogP contribution in [0.15, 0.2) is 53.4 Å². The lowest BCUT2D eigenvalue weighted by molar-refractivity contribution is 0.181. The van der Waals surface area contributed by atoms with E-state index in [1.165, 1.54) is 5.56 Å². The Morgan fingerprint density at radius 3 is 2.36 bits per heavy atom. The first-order valence-corrected chi connectivity index (χ1v) is 11.2. The highest BCUT2D eigenvalue weighted by molar-refractivity contribution is 7.89. The molecule has 0 aromatic heterocycles. The van der Waals surface area contributed by atoms with Gasteiger partial charge in [-0.15, -0.1) is 0 Å². The van der Waals surface area contributed by atoms with E-state index < -0.39 is 10.0 Å². The van der Waals surface area contributed by atoms with Crippen LogP contribution in [-0.4, -0.2) is 43.8 Å². The van der Waals surface area contributed by atoms with Crippen LogP contribution in [0.3, 0.4) is 0 Å². The van der Waals surface area contributed by atoms with Gasteiger partial charge in [-0.25, -0.2) is 8.42 Å². The van der Waals surface area contributed by atoms with Gasteiger partial charge in [0.1, 0.15) is 0 Å². The highest BCUT2D eigenvalue weighted by Crippen LogP contribution is 2.23. The summed E-state index contributed by atoms with van der Waals surface area (Å²) in [5.41, 5.74) is 2.90. The highest BCUT2D eigenvalue weighted by Gasteiger charge is 2.28. The number of hydrogen-bond donors (Lipinski definition) is 0. The number of sulfonamides is 1. The van der Waals surface area contributed by atoms with Crippen molar-refractivity contribution in [2.24, 2.45) is 0 Å². The van der Waals surface area contributed by atoms with Gasteiger partial charge in [0.25, 0.3) is 0 Å². The van der Waals surface area contributed by atoms with Crippen LogP contribution in [0.4, 0.5) is 0 Å². The predicted octanol–water partition coefficient (Wildman–Crippen LogP) is 3.58. The first-order valence-electron chi connectivity index (χ1n) is 9.75. The number of piperazine rings is 1. The number of benzene rings is 2. The van der Waals surface area contributed by atoms with Gasteiger partial charge in [0.15, 0.2) is 0 Å². The summed E-state index contributed by atoms with van der Waals surface area (Å²) in [6.45, 7) is 7.33. The fourth-order valence-corrected chi connectivity index (χ4v) is 4.90. The molecular weight excluding hydrogens is 370 g/mol. The highest BCUT2D eigenvalue weighted by atomic mass is 32.2. The molecule has 2 aromatic carbocycles. The van der Waals surface area contributed by atoms with Crippen molar-refractivity contribution < 1.29 is 8.42 Å². The van der Waals surface area contributed by atoms with Gasteiger partial charge in [0, 0.05) is 32.7 Å². The van der Waals surface area contributed by atoms with E-state index in [1.54, 1.807) is 22.5 Å². The minimum atomic E-state index is -3.45. The van der Waals surface area contributed by atoms with Gasteiger partial charge in [0.2, 0.25) is 10.0 Å². The molecule has 0 N–H and O–H groups in total. The number of nitriles is 1. The average Bonchev–Trinajstić information content (AvgIpc) is 2.74. The van der Waals surface area contributed by atoms with Crippen molar-refractivity contribution in [2.75, 3.05) is 26.2 Å². The van der Waals surface area contributed by atoms with Gasteiger partial charge in [0.05, 0.1) is 16.5 Å². The van der Waals surface area contributed by atoms with E-state index in [0.717, 1.165) is 18.5 Å². The summed E-state index contributed by atoms with van der Waals surface area (Å²) in [5.74, 6) is 0.430. The zero-order valence-electron chi connectivity index (χ0n) is 16.5. The summed E-state index contributed by atoms with van der Waals surface area (Å²) >= 11 is 0. The van der Waals surface area contributed by atoms with E-state index in [0.29, 0.717) is 42.6 Å². The third-order valence-corrected chi connectivity index (χ3v) is 7.41. The lowest BCUT2D eigenvalue weighted by atomic mass is 9.99. The van der Waals surface area contributed by atoms with Crippen LogP contribution >= 0.6 is 0 Å². The van der Waals surface area contributed by atoms with E-state index in [1.807, 2.05) is 30.3 Å². The molecule has 2 aromatic rings. The number of rotatable bonds is 6. The Labute approximate surface area is 168 Å². The standard InChI is InChI=1S/C22H27N3O2S/c1-3-18(2)21-7-9-22(10-8-21)28(26,27)25-13-11-24(12-14-25)17-20-6-4-5-19(15-20)16-23/h4-10,15,18H,3,11-14,17H2,1-2H3. The van der Waals surface area contributed by atoms with Crippen LogP contribution < -0.4 is 0 Å². The van der Waals surface area contributed by atoms with Gasteiger partial charge in [-0.1, -0.05) is 38.1 Å². The monoisotopic (exact) mass is 397 g/mol. The van der Waals surface area contributed by atoms with E-state index in [2.05, 4.69) is 24.8 Å². The Morgan fingerprint density at radius 2 is 1.75 bits per heavy atom. The zero-order valence-corrected chi connectivity index (χ0v) is 17.3. The second-order valence-corrected chi connectivity index (χ2v) is 9.31. The van der Waals surface area contributed by atoms with Gasteiger partial charge >= 0.3 is 0 Å². The molecule has 0 saturated carbocycles. The molecule has 1 unspecified atom stereocenters. The smallest absolute Gasteiger partial charge is 0.243 e. The molecule has 6 heteroatoms. The molecule has 3 rings (SSSR count). The van der Waals surface area contributed by atoms with Crippen molar-refractivity contribution in [3.05, 3.63) is 65.2 Å². The first-order chi connectivity index (χ1) is 13.4. The van der Waals surface area contributed by atoms with Crippen molar-refractivity contribution in [3.63, 3.8) is 0 Å². The van der Waals surface area contributed by atoms with Crippen molar-refractivity contribution in [3.8, 4) is 6.07 Å². The molecule has 1 atom stereocenters. The molecule has 1 fully saturated rings. The van der Waals surface area contributed by atoms with E-state index >= 15 is 0 Å². The van der Waals surface area contributed by atoms with Crippen LogP contribution in [0.5, 0.6) is 0 Å². The Hall–Kier alpha value is -2.20. The molecule has 1 aliphatic rings. The van der Waals surface area contributed by atoms with Crippen molar-refractivity contribution in [1.29, 1.82) is 5.26 Å². The number of hydrogen-bond acceptors (Lipinski definition) is 4. The minimum Gasteiger partial charge on any atom is -0.296 e.